The number of hydrogen-bond acceptors (Lipinski definition) is 4. The van der Waals surface area contributed by atoms with Gasteiger partial charge in [0, 0.05) is 6.54 Å². The third-order valence-electron chi connectivity index (χ3n) is 2.35. The summed E-state index contributed by atoms with van der Waals surface area (Å²) in [5, 5.41) is 6.27. The maximum Gasteiger partial charge on any atom is 0.290 e. The second-order valence-corrected chi connectivity index (χ2v) is 3.80. The second-order valence-electron chi connectivity index (χ2n) is 3.80. The number of benzene rings is 1. The van der Waals surface area contributed by atoms with Crippen LogP contribution in [0.3, 0.4) is 0 Å². The molecule has 5 heteroatoms. The Balaban J connectivity index is 1.90. The molecule has 1 heterocycles. The Morgan fingerprint density at radius 1 is 1.42 bits per heavy atom. The average Bonchev–Trinajstić information content (AvgIpc) is 2.92. The molecule has 98 valence electrons. The van der Waals surface area contributed by atoms with Crippen LogP contribution in [0.1, 0.15) is 16.1 Å². The van der Waals surface area contributed by atoms with E-state index in [4.69, 9.17) is 9.26 Å². The lowest BCUT2D eigenvalue weighted by molar-refractivity contribution is 0.0921. The van der Waals surface area contributed by atoms with Crippen molar-refractivity contribution in [3.63, 3.8) is 0 Å². The lowest BCUT2D eigenvalue weighted by Gasteiger charge is -2.00. The fourth-order valence-corrected chi connectivity index (χ4v) is 1.42. The van der Waals surface area contributed by atoms with Gasteiger partial charge in [-0.2, -0.15) is 0 Å². The van der Waals surface area contributed by atoms with Crippen LogP contribution < -0.4 is 10.1 Å². The zero-order valence-electron chi connectivity index (χ0n) is 10.3. The molecule has 0 aliphatic heterocycles. The van der Waals surface area contributed by atoms with Gasteiger partial charge in [0.25, 0.3) is 11.8 Å². The minimum atomic E-state index is -0.345. The van der Waals surface area contributed by atoms with Crippen molar-refractivity contribution in [2.75, 3.05) is 6.54 Å². The van der Waals surface area contributed by atoms with Gasteiger partial charge < -0.3 is 14.6 Å². The number of nitrogens with zero attached hydrogens (tertiary/aromatic N) is 1. The normalized spacial score (nSPS) is 9.89. The molecule has 0 radical (unpaired) electrons. The molecule has 0 unspecified atom stereocenters. The molecule has 0 aliphatic carbocycles. The summed E-state index contributed by atoms with van der Waals surface area (Å²) in [6.07, 6.45) is 1.58. The molecule has 2 rings (SSSR count). The van der Waals surface area contributed by atoms with Gasteiger partial charge in [0.2, 0.25) is 5.76 Å². The number of nitrogens with one attached hydrogen (secondary N) is 1. The molecule has 1 N–H and O–H groups in total. The Labute approximate surface area is 110 Å². The minimum absolute atomic E-state index is 0.116. The van der Waals surface area contributed by atoms with Gasteiger partial charge >= 0.3 is 0 Å². The monoisotopic (exact) mass is 258 g/mol. The van der Waals surface area contributed by atoms with Gasteiger partial charge in [-0.3, -0.25) is 4.79 Å². The van der Waals surface area contributed by atoms with Gasteiger partial charge in [-0.1, -0.05) is 36.4 Å². The summed E-state index contributed by atoms with van der Waals surface area (Å²) in [4.78, 5) is 11.5. The summed E-state index contributed by atoms with van der Waals surface area (Å²) < 4.78 is 10.3. The van der Waals surface area contributed by atoms with E-state index in [9.17, 15) is 4.79 Å². The first-order valence-electron chi connectivity index (χ1n) is 5.82. The highest BCUT2D eigenvalue weighted by molar-refractivity contribution is 5.91. The molecule has 5 nitrogen and oxygen atoms in total. The van der Waals surface area contributed by atoms with Crippen molar-refractivity contribution >= 4 is 5.91 Å². The van der Waals surface area contributed by atoms with Crippen LogP contribution in [0.15, 0.2) is 53.6 Å². The summed E-state index contributed by atoms with van der Waals surface area (Å²) in [5.74, 6) is 0.0551. The fraction of sp³-hybridized carbons (Fsp3) is 0.143. The molecule has 1 amide bonds. The minimum Gasteiger partial charge on any atom is -0.471 e. The standard InChI is InChI=1S/C14H14N2O3/c1-2-8-15-14(17)12-9-13(16-19-12)18-10-11-6-4-3-5-7-11/h2-7,9H,1,8,10H2,(H,15,17). The topological polar surface area (TPSA) is 64.4 Å². The van der Waals surface area contributed by atoms with Crippen molar-refractivity contribution in [2.24, 2.45) is 0 Å². The number of carbonyl (C=O) groups excluding carboxylic acids is 1. The highest BCUT2D eigenvalue weighted by Gasteiger charge is 2.12. The van der Waals surface area contributed by atoms with E-state index in [0.717, 1.165) is 5.56 Å². The molecule has 19 heavy (non-hydrogen) atoms. The first-order valence-corrected chi connectivity index (χ1v) is 5.82. The number of aromatic nitrogens is 1. The van der Waals surface area contributed by atoms with E-state index in [1.807, 2.05) is 30.3 Å². The molecule has 1 aromatic carbocycles. The van der Waals surface area contributed by atoms with Crippen LogP contribution in [0.5, 0.6) is 5.88 Å². The Hall–Kier alpha value is -2.56. The quantitative estimate of drug-likeness (QED) is 0.806. The van der Waals surface area contributed by atoms with Crippen LogP contribution in [-0.2, 0) is 6.61 Å². The first kappa shape index (κ1) is 12.9. The summed E-state index contributed by atoms with van der Waals surface area (Å²) >= 11 is 0. The smallest absolute Gasteiger partial charge is 0.290 e. The van der Waals surface area contributed by atoms with Crippen molar-refractivity contribution in [1.82, 2.24) is 10.5 Å². The molecule has 0 aliphatic rings. The number of amides is 1. The highest BCUT2D eigenvalue weighted by Crippen LogP contribution is 2.13. The largest absolute Gasteiger partial charge is 0.471 e. The Kier molecular flexibility index (Phi) is 4.34. The van der Waals surface area contributed by atoms with Crippen LogP contribution >= 0.6 is 0 Å². The van der Waals surface area contributed by atoms with E-state index in [0.29, 0.717) is 13.2 Å². The third-order valence-corrected chi connectivity index (χ3v) is 2.35. The lowest BCUT2D eigenvalue weighted by Crippen LogP contribution is -2.22. The molecular formula is C14H14N2O3. The predicted octanol–water partition coefficient (Wildman–Crippen LogP) is 2.17. The van der Waals surface area contributed by atoms with Gasteiger partial charge in [0.1, 0.15) is 6.61 Å². The van der Waals surface area contributed by atoms with E-state index >= 15 is 0 Å². The van der Waals surface area contributed by atoms with Crippen molar-refractivity contribution in [2.45, 2.75) is 6.61 Å². The van der Waals surface area contributed by atoms with E-state index in [1.165, 1.54) is 6.07 Å². The number of rotatable bonds is 6. The van der Waals surface area contributed by atoms with Gasteiger partial charge in [0.05, 0.1) is 6.07 Å². The van der Waals surface area contributed by atoms with Crippen molar-refractivity contribution in [1.29, 1.82) is 0 Å². The Morgan fingerprint density at radius 2 is 2.21 bits per heavy atom. The van der Waals surface area contributed by atoms with Gasteiger partial charge in [-0.15, -0.1) is 6.58 Å². The average molecular weight is 258 g/mol. The van der Waals surface area contributed by atoms with Crippen LogP contribution in [0.4, 0.5) is 0 Å². The van der Waals surface area contributed by atoms with Crippen molar-refractivity contribution in [3.05, 3.63) is 60.4 Å². The van der Waals surface area contributed by atoms with Gasteiger partial charge in [0.15, 0.2) is 0 Å². The van der Waals surface area contributed by atoms with Crippen LogP contribution in [0.2, 0.25) is 0 Å². The zero-order chi connectivity index (χ0) is 13.5. The van der Waals surface area contributed by atoms with Crippen molar-refractivity contribution < 1.29 is 14.1 Å². The molecule has 2 aromatic rings. The van der Waals surface area contributed by atoms with Crippen LogP contribution in [0, 0.1) is 0 Å². The molecule has 0 atom stereocenters. The van der Waals surface area contributed by atoms with Crippen molar-refractivity contribution in [3.8, 4) is 5.88 Å². The fourth-order valence-electron chi connectivity index (χ4n) is 1.42. The maximum atomic E-state index is 11.5. The predicted molar refractivity (Wildman–Crippen MR) is 69.8 cm³/mol. The van der Waals surface area contributed by atoms with Gasteiger partial charge in [-0.25, -0.2) is 0 Å². The molecule has 0 fully saturated rings. The molecule has 0 spiro atoms. The molecule has 0 bridgehead atoms. The summed E-state index contributed by atoms with van der Waals surface area (Å²) in [6.45, 7) is 4.26. The highest BCUT2D eigenvalue weighted by atomic mass is 16.5. The summed E-state index contributed by atoms with van der Waals surface area (Å²) in [7, 11) is 0. The van der Waals surface area contributed by atoms with Crippen LogP contribution in [0.25, 0.3) is 0 Å². The molecule has 1 aromatic heterocycles. The first-order chi connectivity index (χ1) is 9.29. The third kappa shape index (κ3) is 3.70. The maximum absolute atomic E-state index is 11.5. The van der Waals surface area contributed by atoms with E-state index in [1.54, 1.807) is 6.08 Å². The SMILES string of the molecule is C=CCNC(=O)c1cc(OCc2ccccc2)no1. The second kappa shape index (κ2) is 6.39. The number of carbonyl (C=O) groups is 1. The van der Waals surface area contributed by atoms with E-state index in [-0.39, 0.29) is 17.5 Å². The van der Waals surface area contributed by atoms with E-state index < -0.39 is 0 Å². The Bertz CT molecular complexity index is 549. The van der Waals surface area contributed by atoms with Crippen LogP contribution in [-0.4, -0.2) is 17.6 Å². The molecule has 0 saturated carbocycles. The lowest BCUT2D eigenvalue weighted by atomic mass is 10.2. The summed E-state index contributed by atoms with van der Waals surface area (Å²) in [5.41, 5.74) is 1.02. The zero-order valence-corrected chi connectivity index (χ0v) is 10.3. The van der Waals surface area contributed by atoms with Gasteiger partial charge in [-0.05, 0) is 10.7 Å². The molecular weight excluding hydrogens is 244 g/mol. The number of hydrogen-bond donors (Lipinski definition) is 1. The molecule has 0 saturated heterocycles. The van der Waals surface area contributed by atoms with E-state index in [2.05, 4.69) is 17.1 Å². The summed E-state index contributed by atoms with van der Waals surface area (Å²) in [6, 6.07) is 11.1. The Morgan fingerprint density at radius 3 is 2.95 bits per heavy atom. The number of ether oxygens (including phenoxy) is 1.